The SMILES string of the molecule is CCC1CCC(C(CC2CC=CCC2)c2ccc(F)cc2)CC1. The lowest BCUT2D eigenvalue weighted by Gasteiger charge is -2.36. The Morgan fingerprint density at radius 3 is 2.30 bits per heavy atom. The Bertz CT molecular complexity index is 493. The summed E-state index contributed by atoms with van der Waals surface area (Å²) in [6.07, 6.45) is 16.6. The molecule has 0 radical (unpaired) electrons. The minimum Gasteiger partial charge on any atom is -0.207 e. The summed E-state index contributed by atoms with van der Waals surface area (Å²) in [4.78, 5) is 0. The molecule has 0 amide bonds. The van der Waals surface area contributed by atoms with Gasteiger partial charge in [-0.15, -0.1) is 0 Å². The van der Waals surface area contributed by atoms with E-state index in [1.807, 2.05) is 12.1 Å². The highest BCUT2D eigenvalue weighted by molar-refractivity contribution is 5.22. The molecule has 2 aliphatic rings. The van der Waals surface area contributed by atoms with E-state index in [4.69, 9.17) is 0 Å². The molecule has 0 aliphatic heterocycles. The fourth-order valence-corrected chi connectivity index (χ4v) is 4.74. The van der Waals surface area contributed by atoms with E-state index in [0.717, 1.165) is 17.8 Å². The van der Waals surface area contributed by atoms with Crippen molar-refractivity contribution in [3.8, 4) is 0 Å². The van der Waals surface area contributed by atoms with Crippen molar-refractivity contribution in [2.24, 2.45) is 17.8 Å². The van der Waals surface area contributed by atoms with Crippen molar-refractivity contribution in [3.05, 3.63) is 47.8 Å². The molecular formula is C22H31F. The van der Waals surface area contributed by atoms with E-state index in [2.05, 4.69) is 19.1 Å². The largest absolute Gasteiger partial charge is 0.207 e. The van der Waals surface area contributed by atoms with Crippen LogP contribution in [-0.2, 0) is 0 Å². The molecule has 0 N–H and O–H groups in total. The molecule has 1 fully saturated rings. The van der Waals surface area contributed by atoms with Crippen molar-refractivity contribution in [1.82, 2.24) is 0 Å². The topological polar surface area (TPSA) is 0 Å². The molecule has 1 heteroatoms. The molecular weight excluding hydrogens is 283 g/mol. The second kappa shape index (κ2) is 8.13. The van der Waals surface area contributed by atoms with E-state index in [9.17, 15) is 4.39 Å². The van der Waals surface area contributed by atoms with Crippen LogP contribution >= 0.6 is 0 Å². The summed E-state index contributed by atoms with van der Waals surface area (Å²) < 4.78 is 13.3. The first-order valence-corrected chi connectivity index (χ1v) is 9.66. The van der Waals surface area contributed by atoms with Crippen LogP contribution in [-0.4, -0.2) is 0 Å². The first kappa shape index (κ1) is 16.7. The van der Waals surface area contributed by atoms with Gasteiger partial charge in [-0.25, -0.2) is 4.39 Å². The van der Waals surface area contributed by atoms with Crippen LogP contribution in [0, 0.1) is 23.6 Å². The fraction of sp³-hybridized carbons (Fsp3) is 0.636. The summed E-state index contributed by atoms with van der Waals surface area (Å²) in [7, 11) is 0. The van der Waals surface area contributed by atoms with Crippen LogP contribution in [0.1, 0.15) is 76.2 Å². The smallest absolute Gasteiger partial charge is 0.123 e. The van der Waals surface area contributed by atoms with Gasteiger partial charge in [-0.1, -0.05) is 50.5 Å². The lowest BCUT2D eigenvalue weighted by atomic mass is 9.69. The first-order chi connectivity index (χ1) is 11.3. The van der Waals surface area contributed by atoms with Crippen molar-refractivity contribution in [2.75, 3.05) is 0 Å². The van der Waals surface area contributed by atoms with Crippen LogP contribution in [0.2, 0.25) is 0 Å². The summed E-state index contributed by atoms with van der Waals surface area (Å²) in [5.74, 6) is 3.08. The minimum atomic E-state index is -0.109. The van der Waals surface area contributed by atoms with E-state index in [-0.39, 0.29) is 5.82 Å². The van der Waals surface area contributed by atoms with Gasteiger partial charge in [-0.3, -0.25) is 0 Å². The predicted octanol–water partition coefficient (Wildman–Crippen LogP) is 6.87. The molecule has 23 heavy (non-hydrogen) atoms. The van der Waals surface area contributed by atoms with E-state index in [0.29, 0.717) is 5.92 Å². The second-order valence-corrected chi connectivity index (χ2v) is 7.73. The number of allylic oxidation sites excluding steroid dienone is 2. The molecule has 0 aromatic heterocycles. The number of benzene rings is 1. The van der Waals surface area contributed by atoms with Crippen molar-refractivity contribution >= 4 is 0 Å². The van der Waals surface area contributed by atoms with Crippen molar-refractivity contribution in [3.63, 3.8) is 0 Å². The molecule has 1 aromatic carbocycles. The third-order valence-corrected chi connectivity index (χ3v) is 6.30. The maximum Gasteiger partial charge on any atom is 0.123 e. The van der Waals surface area contributed by atoms with Crippen LogP contribution in [0.5, 0.6) is 0 Å². The fourth-order valence-electron chi connectivity index (χ4n) is 4.74. The van der Waals surface area contributed by atoms with Crippen LogP contribution in [0.3, 0.4) is 0 Å². The van der Waals surface area contributed by atoms with Gasteiger partial charge in [-0.2, -0.15) is 0 Å². The van der Waals surface area contributed by atoms with Gasteiger partial charge in [0.1, 0.15) is 5.82 Å². The molecule has 2 atom stereocenters. The van der Waals surface area contributed by atoms with Crippen molar-refractivity contribution < 1.29 is 4.39 Å². The van der Waals surface area contributed by atoms with Gasteiger partial charge in [-0.05, 0) is 79.9 Å². The summed E-state index contributed by atoms with van der Waals surface area (Å²) in [5.41, 5.74) is 1.38. The number of hydrogen-bond acceptors (Lipinski definition) is 0. The number of halogens is 1. The van der Waals surface area contributed by atoms with Crippen LogP contribution < -0.4 is 0 Å². The van der Waals surface area contributed by atoms with Crippen molar-refractivity contribution in [2.45, 2.75) is 70.6 Å². The van der Waals surface area contributed by atoms with E-state index in [1.165, 1.54) is 63.4 Å². The quantitative estimate of drug-likeness (QED) is 0.520. The second-order valence-electron chi connectivity index (χ2n) is 7.73. The Morgan fingerprint density at radius 1 is 0.957 bits per heavy atom. The predicted molar refractivity (Wildman–Crippen MR) is 96.0 cm³/mol. The normalized spacial score (nSPS) is 29.4. The molecule has 0 spiro atoms. The molecule has 3 rings (SSSR count). The van der Waals surface area contributed by atoms with Gasteiger partial charge in [0.2, 0.25) is 0 Å². The molecule has 0 nitrogen and oxygen atoms in total. The Morgan fingerprint density at radius 2 is 1.70 bits per heavy atom. The average molecular weight is 314 g/mol. The molecule has 1 aromatic rings. The molecule has 2 aliphatic carbocycles. The van der Waals surface area contributed by atoms with Crippen LogP contribution in [0.25, 0.3) is 0 Å². The average Bonchev–Trinajstić information content (AvgIpc) is 2.62. The lowest BCUT2D eigenvalue weighted by molar-refractivity contribution is 0.215. The number of rotatable bonds is 5. The molecule has 2 unspecified atom stereocenters. The molecule has 0 saturated heterocycles. The zero-order valence-electron chi connectivity index (χ0n) is 14.5. The highest BCUT2D eigenvalue weighted by Gasteiger charge is 2.30. The molecule has 1 saturated carbocycles. The summed E-state index contributed by atoms with van der Waals surface area (Å²) >= 11 is 0. The Kier molecular flexibility index (Phi) is 5.91. The Balaban J connectivity index is 1.72. The van der Waals surface area contributed by atoms with Gasteiger partial charge in [0, 0.05) is 0 Å². The summed E-state index contributed by atoms with van der Waals surface area (Å²) in [6, 6.07) is 7.40. The highest BCUT2D eigenvalue weighted by Crippen LogP contribution is 2.43. The Hall–Kier alpha value is -1.11. The zero-order valence-corrected chi connectivity index (χ0v) is 14.5. The van der Waals surface area contributed by atoms with Gasteiger partial charge >= 0.3 is 0 Å². The maximum absolute atomic E-state index is 13.3. The number of hydrogen-bond donors (Lipinski definition) is 0. The van der Waals surface area contributed by atoms with Gasteiger partial charge in [0.15, 0.2) is 0 Å². The molecule has 126 valence electrons. The van der Waals surface area contributed by atoms with Gasteiger partial charge < -0.3 is 0 Å². The first-order valence-electron chi connectivity index (χ1n) is 9.66. The van der Waals surface area contributed by atoms with Gasteiger partial charge in [0.05, 0.1) is 0 Å². The summed E-state index contributed by atoms with van der Waals surface area (Å²) in [6.45, 7) is 2.33. The third kappa shape index (κ3) is 4.46. The Labute approximate surface area is 141 Å². The highest BCUT2D eigenvalue weighted by atomic mass is 19.1. The summed E-state index contributed by atoms with van der Waals surface area (Å²) in [5, 5.41) is 0. The maximum atomic E-state index is 13.3. The molecule has 0 heterocycles. The van der Waals surface area contributed by atoms with E-state index in [1.54, 1.807) is 12.1 Å². The zero-order chi connectivity index (χ0) is 16.1. The minimum absolute atomic E-state index is 0.109. The molecule has 0 bridgehead atoms. The van der Waals surface area contributed by atoms with Crippen molar-refractivity contribution in [1.29, 1.82) is 0 Å². The lowest BCUT2D eigenvalue weighted by Crippen LogP contribution is -2.23. The van der Waals surface area contributed by atoms with Gasteiger partial charge in [0.25, 0.3) is 0 Å². The van der Waals surface area contributed by atoms with E-state index >= 15 is 0 Å². The third-order valence-electron chi connectivity index (χ3n) is 6.30. The monoisotopic (exact) mass is 314 g/mol. The van der Waals surface area contributed by atoms with Crippen LogP contribution in [0.4, 0.5) is 4.39 Å². The van der Waals surface area contributed by atoms with Crippen LogP contribution in [0.15, 0.2) is 36.4 Å². The van der Waals surface area contributed by atoms with E-state index < -0.39 is 0 Å². The standard InChI is InChI=1S/C22H31F/c1-2-17-8-10-19(11-9-17)22(16-18-6-4-3-5-7-18)20-12-14-21(23)15-13-20/h3-4,12-15,17-19,22H,2,5-11,16H2,1H3.